The molecule has 0 spiro atoms. The third-order valence-electron chi connectivity index (χ3n) is 4.24. The summed E-state index contributed by atoms with van der Waals surface area (Å²) in [4.78, 5) is 27.0. The van der Waals surface area contributed by atoms with Crippen molar-refractivity contribution < 1.29 is 9.53 Å². The normalized spacial score (nSPS) is 10.5. The summed E-state index contributed by atoms with van der Waals surface area (Å²) >= 11 is 0. The second-order valence-electron chi connectivity index (χ2n) is 6.45. The smallest absolute Gasteiger partial charge is 0.272 e. The van der Waals surface area contributed by atoms with Crippen LogP contribution in [0.4, 0.5) is 0 Å². The lowest BCUT2D eigenvalue weighted by atomic mass is 10.1. The maximum Gasteiger partial charge on any atom is 0.272 e. The van der Waals surface area contributed by atoms with Crippen molar-refractivity contribution in [3.05, 3.63) is 87.1 Å². The number of aromatic nitrogens is 3. The van der Waals surface area contributed by atoms with Gasteiger partial charge in [-0.2, -0.15) is 5.10 Å². The Morgan fingerprint density at radius 3 is 2.57 bits per heavy atom. The molecule has 0 aliphatic heterocycles. The van der Waals surface area contributed by atoms with E-state index in [2.05, 4.69) is 20.5 Å². The molecule has 2 aromatic heterocycles. The van der Waals surface area contributed by atoms with Crippen molar-refractivity contribution in [2.45, 2.75) is 26.8 Å². The van der Waals surface area contributed by atoms with Gasteiger partial charge in [0.1, 0.15) is 5.75 Å². The van der Waals surface area contributed by atoms with Crippen LogP contribution in [0, 0.1) is 13.8 Å². The van der Waals surface area contributed by atoms with Gasteiger partial charge >= 0.3 is 0 Å². The van der Waals surface area contributed by atoms with Gasteiger partial charge in [-0.1, -0.05) is 18.2 Å². The van der Waals surface area contributed by atoms with Crippen molar-refractivity contribution >= 4 is 5.91 Å². The zero-order valence-electron chi connectivity index (χ0n) is 15.9. The summed E-state index contributed by atoms with van der Waals surface area (Å²) in [6, 6.07) is 14.8. The summed E-state index contributed by atoms with van der Waals surface area (Å²) in [5, 5.41) is 10.8. The number of nitrogens with one attached hydrogen (secondary N) is 2. The number of para-hydroxylation sites is 1. The number of ether oxygens (including phenoxy) is 1. The minimum Gasteiger partial charge on any atom is -0.493 e. The van der Waals surface area contributed by atoms with E-state index in [0.717, 1.165) is 22.7 Å². The average molecular weight is 378 g/mol. The van der Waals surface area contributed by atoms with Gasteiger partial charge in [-0.15, -0.1) is 5.10 Å². The molecule has 3 rings (SSSR count). The largest absolute Gasteiger partial charge is 0.493 e. The molecule has 1 aromatic carbocycles. The lowest BCUT2D eigenvalue weighted by Crippen LogP contribution is -2.28. The Bertz CT molecular complexity index is 998. The molecule has 3 aromatic rings. The molecule has 1 amide bonds. The zero-order chi connectivity index (χ0) is 19.9. The third kappa shape index (κ3) is 5.03. The Labute approximate surface area is 162 Å². The lowest BCUT2D eigenvalue weighted by molar-refractivity contribution is 0.0944. The van der Waals surface area contributed by atoms with Crippen LogP contribution in [-0.2, 0) is 13.0 Å². The van der Waals surface area contributed by atoms with Crippen LogP contribution in [0.15, 0.2) is 53.3 Å². The zero-order valence-corrected chi connectivity index (χ0v) is 15.9. The average Bonchev–Trinajstić information content (AvgIpc) is 2.68. The Balaban J connectivity index is 1.53. The van der Waals surface area contributed by atoms with E-state index in [1.54, 1.807) is 12.1 Å². The Kier molecular flexibility index (Phi) is 6.16. The van der Waals surface area contributed by atoms with Crippen LogP contribution in [0.3, 0.4) is 0 Å². The highest BCUT2D eigenvalue weighted by atomic mass is 16.5. The highest BCUT2D eigenvalue weighted by Gasteiger charge is 2.11. The SMILES string of the molecule is Cc1cc(C)c(CNC(=O)c2ccc(CCOc3ccccc3)nn2)c(=O)[nH]1. The molecule has 2 N–H and O–H groups in total. The van der Waals surface area contributed by atoms with Gasteiger partial charge in [-0.05, 0) is 49.7 Å². The van der Waals surface area contributed by atoms with Crippen LogP contribution < -0.4 is 15.6 Å². The van der Waals surface area contributed by atoms with E-state index in [1.165, 1.54) is 0 Å². The highest BCUT2D eigenvalue weighted by Crippen LogP contribution is 2.09. The Morgan fingerprint density at radius 1 is 1.11 bits per heavy atom. The Hall–Kier alpha value is -3.48. The van der Waals surface area contributed by atoms with Crippen molar-refractivity contribution in [1.29, 1.82) is 0 Å². The first kappa shape index (κ1) is 19.3. The molecule has 0 saturated heterocycles. The summed E-state index contributed by atoms with van der Waals surface area (Å²) in [5.74, 6) is 0.423. The molecular formula is C21H22N4O3. The van der Waals surface area contributed by atoms with E-state index in [4.69, 9.17) is 4.74 Å². The van der Waals surface area contributed by atoms with Crippen molar-refractivity contribution in [3.8, 4) is 5.75 Å². The predicted octanol–water partition coefficient (Wildman–Crippen LogP) is 2.33. The topological polar surface area (TPSA) is 97.0 Å². The molecule has 0 aliphatic carbocycles. The summed E-state index contributed by atoms with van der Waals surface area (Å²) in [5.41, 5.74) is 2.89. The molecule has 0 saturated carbocycles. The number of carbonyl (C=O) groups excluding carboxylic acids is 1. The first-order chi connectivity index (χ1) is 13.5. The van der Waals surface area contributed by atoms with Crippen molar-refractivity contribution in [3.63, 3.8) is 0 Å². The molecule has 0 radical (unpaired) electrons. The highest BCUT2D eigenvalue weighted by molar-refractivity contribution is 5.91. The van der Waals surface area contributed by atoms with Crippen molar-refractivity contribution in [2.24, 2.45) is 0 Å². The van der Waals surface area contributed by atoms with Crippen LogP contribution in [0.5, 0.6) is 5.75 Å². The fourth-order valence-corrected chi connectivity index (χ4v) is 2.76. The molecule has 0 unspecified atom stereocenters. The second-order valence-corrected chi connectivity index (χ2v) is 6.45. The quantitative estimate of drug-likeness (QED) is 0.658. The number of hydrogen-bond acceptors (Lipinski definition) is 5. The van der Waals surface area contributed by atoms with Crippen LogP contribution in [-0.4, -0.2) is 27.7 Å². The van der Waals surface area contributed by atoms with E-state index in [9.17, 15) is 9.59 Å². The van der Waals surface area contributed by atoms with Gasteiger partial charge in [0.2, 0.25) is 0 Å². The van der Waals surface area contributed by atoms with Gasteiger partial charge in [0.15, 0.2) is 5.69 Å². The number of nitrogens with zero attached hydrogens (tertiary/aromatic N) is 2. The summed E-state index contributed by atoms with van der Waals surface area (Å²) in [6.45, 7) is 4.27. The van der Waals surface area contributed by atoms with Gasteiger partial charge in [0, 0.05) is 24.2 Å². The Morgan fingerprint density at radius 2 is 1.89 bits per heavy atom. The number of amides is 1. The number of aryl methyl sites for hydroxylation is 2. The van der Waals surface area contributed by atoms with Crippen LogP contribution in [0.2, 0.25) is 0 Å². The van der Waals surface area contributed by atoms with E-state index < -0.39 is 0 Å². The van der Waals surface area contributed by atoms with Gasteiger partial charge in [-0.3, -0.25) is 9.59 Å². The van der Waals surface area contributed by atoms with E-state index in [1.807, 2.05) is 50.2 Å². The summed E-state index contributed by atoms with van der Waals surface area (Å²) in [7, 11) is 0. The summed E-state index contributed by atoms with van der Waals surface area (Å²) in [6.07, 6.45) is 0.585. The molecular weight excluding hydrogens is 356 g/mol. The van der Waals surface area contributed by atoms with E-state index in [-0.39, 0.29) is 23.7 Å². The molecule has 28 heavy (non-hydrogen) atoms. The van der Waals surface area contributed by atoms with E-state index >= 15 is 0 Å². The maximum atomic E-state index is 12.3. The standard InChI is InChI=1S/C21H22N4O3/c1-14-12-15(2)23-20(26)18(14)13-22-21(27)19-9-8-16(24-25-19)10-11-28-17-6-4-3-5-7-17/h3-9,12H,10-11,13H2,1-2H3,(H,22,27)(H,23,26). The minimum atomic E-state index is -0.376. The number of aromatic amines is 1. The number of carbonyl (C=O) groups is 1. The van der Waals surface area contributed by atoms with Crippen LogP contribution in [0.25, 0.3) is 0 Å². The first-order valence-electron chi connectivity index (χ1n) is 9.01. The maximum absolute atomic E-state index is 12.3. The van der Waals surface area contributed by atoms with Gasteiger partial charge in [-0.25, -0.2) is 0 Å². The molecule has 7 nitrogen and oxygen atoms in total. The van der Waals surface area contributed by atoms with Crippen molar-refractivity contribution in [2.75, 3.05) is 6.61 Å². The minimum absolute atomic E-state index is 0.134. The van der Waals surface area contributed by atoms with Gasteiger partial charge in [0.05, 0.1) is 12.3 Å². The van der Waals surface area contributed by atoms with Crippen LogP contribution in [0.1, 0.15) is 33.0 Å². The van der Waals surface area contributed by atoms with Gasteiger partial charge < -0.3 is 15.0 Å². The lowest BCUT2D eigenvalue weighted by Gasteiger charge is -2.08. The number of hydrogen-bond donors (Lipinski definition) is 2. The fraction of sp³-hybridized carbons (Fsp3) is 0.238. The number of H-pyrrole nitrogens is 1. The third-order valence-corrected chi connectivity index (χ3v) is 4.24. The number of rotatable bonds is 7. The number of pyridine rings is 1. The molecule has 0 atom stereocenters. The molecule has 0 fully saturated rings. The monoisotopic (exact) mass is 378 g/mol. The van der Waals surface area contributed by atoms with Gasteiger partial charge in [0.25, 0.3) is 11.5 Å². The molecule has 0 aliphatic rings. The van der Waals surface area contributed by atoms with E-state index in [0.29, 0.717) is 18.6 Å². The number of benzene rings is 1. The molecule has 0 bridgehead atoms. The molecule has 7 heteroatoms. The summed E-state index contributed by atoms with van der Waals surface area (Å²) < 4.78 is 5.63. The van der Waals surface area contributed by atoms with Crippen LogP contribution >= 0.6 is 0 Å². The fourth-order valence-electron chi connectivity index (χ4n) is 2.76. The molecule has 144 valence electrons. The predicted molar refractivity (Wildman–Crippen MR) is 105 cm³/mol. The molecule has 2 heterocycles. The second kappa shape index (κ2) is 8.94. The van der Waals surface area contributed by atoms with Crippen molar-refractivity contribution in [1.82, 2.24) is 20.5 Å². The first-order valence-corrected chi connectivity index (χ1v) is 9.01.